The van der Waals surface area contributed by atoms with E-state index in [0.717, 1.165) is 12.1 Å². The van der Waals surface area contributed by atoms with Gasteiger partial charge in [0, 0.05) is 18.2 Å². The highest BCUT2D eigenvalue weighted by Gasteiger charge is 2.14. The first-order chi connectivity index (χ1) is 9.19. The number of aromatic nitrogens is 3. The lowest BCUT2D eigenvalue weighted by atomic mass is 10.3. The third-order valence-electron chi connectivity index (χ3n) is 2.80. The lowest BCUT2D eigenvalue weighted by molar-refractivity contribution is 0.409. The molecule has 0 spiro atoms. The summed E-state index contributed by atoms with van der Waals surface area (Å²) in [5.74, 6) is -1.20. The largest absolute Gasteiger partial charge is 0.364 e. The minimum absolute atomic E-state index is 0.135. The molecule has 3 aromatic rings. The van der Waals surface area contributed by atoms with Crippen LogP contribution in [0.2, 0.25) is 0 Å². The molecular weight excluding hydrogens is 276 g/mol. The Morgan fingerprint density at radius 2 is 2.05 bits per heavy atom. The van der Waals surface area contributed by atoms with Gasteiger partial charge in [0.1, 0.15) is 17.8 Å². The fourth-order valence-corrected chi connectivity index (χ4v) is 2.13. The van der Waals surface area contributed by atoms with E-state index in [0.29, 0.717) is 29.1 Å². The number of alkyl halides is 1. The lowest BCUT2D eigenvalue weighted by Crippen LogP contribution is -2.04. The highest BCUT2D eigenvalue weighted by Crippen LogP contribution is 2.22. The van der Waals surface area contributed by atoms with Crippen LogP contribution in [0.1, 0.15) is 11.5 Å². The molecule has 98 valence electrons. The van der Waals surface area contributed by atoms with Crippen molar-refractivity contribution in [2.75, 3.05) is 0 Å². The zero-order valence-corrected chi connectivity index (χ0v) is 10.4. The summed E-state index contributed by atoms with van der Waals surface area (Å²) in [6, 6.07) is 3.84. The second-order valence-electron chi connectivity index (χ2n) is 3.99. The molecular formula is C12H8ClF2N3O. The summed E-state index contributed by atoms with van der Waals surface area (Å²) in [5.41, 5.74) is 1.48. The molecule has 0 saturated carbocycles. The van der Waals surface area contributed by atoms with E-state index in [2.05, 4.69) is 10.1 Å². The minimum Gasteiger partial charge on any atom is -0.364 e. The molecule has 1 aromatic carbocycles. The van der Waals surface area contributed by atoms with E-state index < -0.39 is 11.6 Å². The van der Waals surface area contributed by atoms with Crippen LogP contribution in [0.3, 0.4) is 0 Å². The van der Waals surface area contributed by atoms with Crippen LogP contribution in [-0.2, 0) is 12.4 Å². The third-order valence-corrected chi connectivity index (χ3v) is 3.04. The van der Waals surface area contributed by atoms with Crippen LogP contribution in [0.5, 0.6) is 0 Å². The average molecular weight is 284 g/mol. The molecule has 0 bridgehead atoms. The van der Waals surface area contributed by atoms with Gasteiger partial charge < -0.3 is 9.09 Å². The molecule has 19 heavy (non-hydrogen) atoms. The van der Waals surface area contributed by atoms with Gasteiger partial charge in [0.15, 0.2) is 11.6 Å². The van der Waals surface area contributed by atoms with E-state index >= 15 is 0 Å². The summed E-state index contributed by atoms with van der Waals surface area (Å²) in [4.78, 5) is 4.18. The predicted molar refractivity (Wildman–Crippen MR) is 64.8 cm³/mol. The number of halogens is 3. The van der Waals surface area contributed by atoms with Crippen LogP contribution in [0, 0.1) is 11.6 Å². The number of imidazole rings is 1. The zero-order chi connectivity index (χ0) is 13.4. The SMILES string of the molecule is Fc1cc2nc(CCl)n(Cc3ccon3)c2cc1F. The van der Waals surface area contributed by atoms with Gasteiger partial charge in [-0.1, -0.05) is 5.16 Å². The monoisotopic (exact) mass is 283 g/mol. The predicted octanol–water partition coefficient (Wildman–Crippen LogP) is 3.09. The van der Waals surface area contributed by atoms with Gasteiger partial charge in [0.25, 0.3) is 0 Å². The molecule has 0 radical (unpaired) electrons. The van der Waals surface area contributed by atoms with Crippen LogP contribution in [-0.4, -0.2) is 14.7 Å². The van der Waals surface area contributed by atoms with E-state index in [9.17, 15) is 8.78 Å². The van der Waals surface area contributed by atoms with Crippen molar-refractivity contribution in [3.8, 4) is 0 Å². The molecule has 4 nitrogen and oxygen atoms in total. The Balaban J connectivity index is 2.17. The van der Waals surface area contributed by atoms with Gasteiger partial charge >= 0.3 is 0 Å². The fraction of sp³-hybridized carbons (Fsp3) is 0.167. The second kappa shape index (κ2) is 4.62. The third kappa shape index (κ3) is 2.08. The Hall–Kier alpha value is -1.95. The molecule has 0 saturated heterocycles. The molecule has 7 heteroatoms. The quantitative estimate of drug-likeness (QED) is 0.694. The summed E-state index contributed by atoms with van der Waals surface area (Å²) >= 11 is 5.81. The summed E-state index contributed by atoms with van der Waals surface area (Å²) < 4.78 is 32.9. The maximum Gasteiger partial charge on any atom is 0.161 e. The molecule has 0 N–H and O–H groups in total. The Kier molecular flexibility index (Phi) is 2.94. The van der Waals surface area contributed by atoms with Crippen LogP contribution in [0.15, 0.2) is 29.0 Å². The number of hydrogen-bond acceptors (Lipinski definition) is 3. The van der Waals surface area contributed by atoms with Crippen LogP contribution in [0.25, 0.3) is 11.0 Å². The Labute approximate surface area is 111 Å². The van der Waals surface area contributed by atoms with E-state index in [1.165, 1.54) is 6.26 Å². The van der Waals surface area contributed by atoms with Crippen molar-refractivity contribution in [3.05, 3.63) is 47.6 Å². The highest BCUT2D eigenvalue weighted by atomic mass is 35.5. The maximum atomic E-state index is 13.3. The van der Waals surface area contributed by atoms with E-state index in [1.807, 2.05) is 0 Å². The van der Waals surface area contributed by atoms with Crippen molar-refractivity contribution in [1.29, 1.82) is 0 Å². The lowest BCUT2D eigenvalue weighted by Gasteiger charge is -2.05. The minimum atomic E-state index is -0.931. The summed E-state index contributed by atoms with van der Waals surface area (Å²) in [6.45, 7) is 0.333. The molecule has 0 aliphatic carbocycles. The van der Waals surface area contributed by atoms with Gasteiger partial charge in [-0.15, -0.1) is 11.6 Å². The van der Waals surface area contributed by atoms with Crippen molar-refractivity contribution >= 4 is 22.6 Å². The summed E-state index contributed by atoms with van der Waals surface area (Å²) in [6.07, 6.45) is 1.44. The first kappa shape index (κ1) is 12.1. The first-order valence-electron chi connectivity index (χ1n) is 5.48. The molecule has 0 unspecified atom stereocenters. The van der Waals surface area contributed by atoms with Crippen molar-refractivity contribution in [1.82, 2.24) is 14.7 Å². The number of hydrogen-bond donors (Lipinski definition) is 0. The molecule has 3 rings (SSSR count). The number of fused-ring (bicyclic) bond motifs is 1. The van der Waals surface area contributed by atoms with Gasteiger partial charge in [-0.05, 0) is 0 Å². The van der Waals surface area contributed by atoms with Gasteiger partial charge in [-0.25, -0.2) is 13.8 Å². The zero-order valence-electron chi connectivity index (χ0n) is 9.61. The Bertz CT molecular complexity index is 724. The average Bonchev–Trinajstić information content (AvgIpc) is 3.00. The van der Waals surface area contributed by atoms with Gasteiger partial charge in [0.05, 0.1) is 23.5 Å². The van der Waals surface area contributed by atoms with Crippen LogP contribution >= 0.6 is 11.6 Å². The Morgan fingerprint density at radius 3 is 2.74 bits per heavy atom. The Morgan fingerprint density at radius 1 is 1.26 bits per heavy atom. The standard InChI is InChI=1S/C12H8ClF2N3O/c13-5-12-16-10-3-8(14)9(15)4-11(10)18(12)6-7-1-2-19-17-7/h1-4H,5-6H2. The number of nitrogens with zero attached hydrogens (tertiary/aromatic N) is 3. The van der Waals surface area contributed by atoms with Crippen molar-refractivity contribution in [2.24, 2.45) is 0 Å². The van der Waals surface area contributed by atoms with E-state index in [1.54, 1.807) is 10.6 Å². The normalized spacial score (nSPS) is 11.3. The molecule has 2 aromatic heterocycles. The molecule has 0 amide bonds. The van der Waals surface area contributed by atoms with Gasteiger partial charge in [0.2, 0.25) is 0 Å². The summed E-state index contributed by atoms with van der Waals surface area (Å²) in [5, 5.41) is 3.78. The maximum absolute atomic E-state index is 13.3. The highest BCUT2D eigenvalue weighted by molar-refractivity contribution is 6.16. The van der Waals surface area contributed by atoms with Gasteiger partial charge in [-0.3, -0.25) is 0 Å². The van der Waals surface area contributed by atoms with Crippen LogP contribution in [0.4, 0.5) is 8.78 Å². The topological polar surface area (TPSA) is 43.9 Å². The molecule has 2 heterocycles. The van der Waals surface area contributed by atoms with E-state index in [-0.39, 0.29) is 5.88 Å². The van der Waals surface area contributed by atoms with Crippen molar-refractivity contribution < 1.29 is 13.3 Å². The number of benzene rings is 1. The summed E-state index contributed by atoms with van der Waals surface area (Å²) in [7, 11) is 0. The van der Waals surface area contributed by atoms with Crippen LogP contribution < -0.4 is 0 Å². The van der Waals surface area contributed by atoms with E-state index in [4.69, 9.17) is 16.1 Å². The molecule has 0 atom stereocenters. The first-order valence-corrected chi connectivity index (χ1v) is 6.02. The van der Waals surface area contributed by atoms with Crippen molar-refractivity contribution in [2.45, 2.75) is 12.4 Å². The molecule has 0 fully saturated rings. The number of rotatable bonds is 3. The molecule has 0 aliphatic rings. The molecule has 0 aliphatic heterocycles. The second-order valence-corrected chi connectivity index (χ2v) is 4.26. The van der Waals surface area contributed by atoms with Gasteiger partial charge in [-0.2, -0.15) is 0 Å². The van der Waals surface area contributed by atoms with Crippen molar-refractivity contribution in [3.63, 3.8) is 0 Å². The fourth-order valence-electron chi connectivity index (χ4n) is 1.93. The smallest absolute Gasteiger partial charge is 0.161 e.